The van der Waals surface area contributed by atoms with Gasteiger partial charge in [0.2, 0.25) is 17.7 Å². The molecule has 0 aromatic carbocycles. The van der Waals surface area contributed by atoms with Gasteiger partial charge in [-0.3, -0.25) is 14.4 Å². The molecule has 4 N–H and O–H groups in total. The Bertz CT molecular complexity index is 569. The summed E-state index contributed by atoms with van der Waals surface area (Å²) in [6.07, 6.45) is 15.4. The van der Waals surface area contributed by atoms with Crippen LogP contribution in [0.1, 0.15) is 96.3 Å². The van der Waals surface area contributed by atoms with E-state index in [2.05, 4.69) is 10.6 Å². The number of unbranched alkanes of at least 4 members (excludes halogenated alkanes) is 5. The number of rotatable bonds is 14. The van der Waals surface area contributed by atoms with E-state index in [-0.39, 0.29) is 23.7 Å². The Hall–Kier alpha value is -1.59. The Balaban J connectivity index is 1.14. The molecule has 4 rings (SSSR count). The zero-order valence-corrected chi connectivity index (χ0v) is 18.6. The Labute approximate surface area is 181 Å². The van der Waals surface area contributed by atoms with E-state index in [4.69, 9.17) is 5.73 Å². The number of carbonyl (C=O) groups excluding carboxylic acids is 3. The molecule has 4 saturated carbocycles. The number of nitrogens with two attached hydrogens (primary N) is 1. The van der Waals surface area contributed by atoms with Crippen molar-refractivity contribution < 1.29 is 14.4 Å². The van der Waals surface area contributed by atoms with Crippen LogP contribution in [0.25, 0.3) is 0 Å². The average molecular weight is 420 g/mol. The standard InChI is InChI=1S/C24H41N3O3/c25-21(28)8-7-9-22(29)26-10-5-3-1-2-4-6-11-27-23(30)24-15-18-12-19(16-24)14-20(13-18)17-24/h18-20H,1-17H2,(H2,25,28)(H,26,29)(H,27,30). The second-order valence-electron chi connectivity index (χ2n) is 10.2. The molecule has 4 bridgehead atoms. The van der Waals surface area contributed by atoms with E-state index >= 15 is 0 Å². The normalized spacial score (nSPS) is 29.0. The van der Waals surface area contributed by atoms with Gasteiger partial charge in [0.05, 0.1) is 0 Å². The molecule has 4 aliphatic rings. The van der Waals surface area contributed by atoms with Crippen molar-refractivity contribution in [2.75, 3.05) is 13.1 Å². The fourth-order valence-electron chi connectivity index (χ4n) is 6.47. The van der Waals surface area contributed by atoms with Crippen LogP contribution in [0.3, 0.4) is 0 Å². The second-order valence-corrected chi connectivity index (χ2v) is 10.2. The SMILES string of the molecule is NC(=O)CCCC(=O)NCCCCCCCCNC(=O)C12CC3CC(CC(C3)C1)C2. The lowest BCUT2D eigenvalue weighted by Gasteiger charge is -2.55. The van der Waals surface area contributed by atoms with Crippen molar-refractivity contribution in [2.45, 2.75) is 96.3 Å². The molecule has 4 fully saturated rings. The largest absolute Gasteiger partial charge is 0.370 e. The fourth-order valence-corrected chi connectivity index (χ4v) is 6.47. The van der Waals surface area contributed by atoms with Gasteiger partial charge in [0.1, 0.15) is 0 Å². The molecule has 0 saturated heterocycles. The zero-order chi connectivity index (χ0) is 21.4. The molecular formula is C24H41N3O3. The monoisotopic (exact) mass is 419 g/mol. The first-order chi connectivity index (χ1) is 14.5. The van der Waals surface area contributed by atoms with Crippen molar-refractivity contribution in [1.29, 1.82) is 0 Å². The Morgan fingerprint density at radius 1 is 0.700 bits per heavy atom. The van der Waals surface area contributed by atoms with Gasteiger partial charge in [-0.15, -0.1) is 0 Å². The summed E-state index contributed by atoms with van der Waals surface area (Å²) in [5.74, 6) is 2.47. The van der Waals surface area contributed by atoms with Gasteiger partial charge in [-0.25, -0.2) is 0 Å². The van der Waals surface area contributed by atoms with E-state index in [1.165, 1.54) is 32.1 Å². The zero-order valence-electron chi connectivity index (χ0n) is 18.6. The van der Waals surface area contributed by atoms with Crippen LogP contribution in [0.2, 0.25) is 0 Å². The minimum Gasteiger partial charge on any atom is -0.370 e. The van der Waals surface area contributed by atoms with Crippen LogP contribution in [0.4, 0.5) is 0 Å². The van der Waals surface area contributed by atoms with Crippen LogP contribution >= 0.6 is 0 Å². The molecular weight excluding hydrogens is 378 g/mol. The molecule has 30 heavy (non-hydrogen) atoms. The predicted octanol–water partition coefficient (Wildman–Crippen LogP) is 3.43. The van der Waals surface area contributed by atoms with Crippen LogP contribution in [0.15, 0.2) is 0 Å². The Morgan fingerprint density at radius 2 is 1.20 bits per heavy atom. The lowest BCUT2D eigenvalue weighted by Crippen LogP contribution is -2.53. The first-order valence-corrected chi connectivity index (χ1v) is 12.3. The highest BCUT2D eigenvalue weighted by Gasteiger charge is 2.54. The summed E-state index contributed by atoms with van der Waals surface area (Å²) in [4.78, 5) is 35.1. The van der Waals surface area contributed by atoms with Gasteiger partial charge in [-0.2, -0.15) is 0 Å². The van der Waals surface area contributed by atoms with E-state index in [0.717, 1.165) is 69.2 Å². The first kappa shape index (κ1) is 23.1. The molecule has 0 aliphatic heterocycles. The van der Waals surface area contributed by atoms with Gasteiger partial charge in [0.25, 0.3) is 0 Å². The summed E-state index contributed by atoms with van der Waals surface area (Å²) in [5, 5.41) is 6.17. The molecule has 0 aromatic rings. The third-order valence-corrected chi connectivity index (χ3v) is 7.56. The van der Waals surface area contributed by atoms with Crippen molar-refractivity contribution in [3.8, 4) is 0 Å². The fraction of sp³-hybridized carbons (Fsp3) is 0.875. The van der Waals surface area contributed by atoms with Crippen molar-refractivity contribution in [2.24, 2.45) is 28.9 Å². The van der Waals surface area contributed by atoms with Crippen LogP contribution < -0.4 is 16.4 Å². The highest BCUT2D eigenvalue weighted by Crippen LogP contribution is 2.60. The molecule has 0 aromatic heterocycles. The summed E-state index contributed by atoms with van der Waals surface area (Å²) in [6, 6.07) is 0. The van der Waals surface area contributed by atoms with Crippen LogP contribution in [0, 0.1) is 23.2 Å². The third kappa shape index (κ3) is 6.71. The van der Waals surface area contributed by atoms with Gasteiger partial charge in [-0.1, -0.05) is 25.7 Å². The molecule has 0 heterocycles. The molecule has 170 valence electrons. The number of hydrogen-bond donors (Lipinski definition) is 3. The topological polar surface area (TPSA) is 101 Å². The van der Waals surface area contributed by atoms with Gasteiger partial charge in [-0.05, 0) is 75.5 Å². The second kappa shape index (κ2) is 11.1. The molecule has 0 radical (unpaired) electrons. The highest BCUT2D eigenvalue weighted by molar-refractivity contribution is 5.83. The highest BCUT2D eigenvalue weighted by atomic mass is 16.2. The maximum Gasteiger partial charge on any atom is 0.226 e. The number of nitrogens with one attached hydrogen (secondary N) is 2. The van der Waals surface area contributed by atoms with Crippen LogP contribution in [-0.4, -0.2) is 30.8 Å². The van der Waals surface area contributed by atoms with E-state index in [9.17, 15) is 14.4 Å². The summed E-state index contributed by atoms with van der Waals surface area (Å²) >= 11 is 0. The van der Waals surface area contributed by atoms with Crippen molar-refractivity contribution in [3.63, 3.8) is 0 Å². The van der Waals surface area contributed by atoms with Crippen molar-refractivity contribution in [1.82, 2.24) is 10.6 Å². The minimum atomic E-state index is -0.352. The quantitative estimate of drug-likeness (QED) is 0.376. The molecule has 6 heteroatoms. The maximum absolute atomic E-state index is 12.9. The summed E-state index contributed by atoms with van der Waals surface area (Å²) in [6.45, 7) is 1.53. The van der Waals surface area contributed by atoms with Gasteiger partial charge in [0.15, 0.2) is 0 Å². The van der Waals surface area contributed by atoms with E-state index in [1.54, 1.807) is 0 Å². The molecule has 0 atom stereocenters. The molecule has 6 nitrogen and oxygen atoms in total. The summed E-state index contributed by atoms with van der Waals surface area (Å²) < 4.78 is 0. The molecule has 0 spiro atoms. The maximum atomic E-state index is 12.9. The van der Waals surface area contributed by atoms with Crippen molar-refractivity contribution >= 4 is 17.7 Å². The van der Waals surface area contributed by atoms with E-state index < -0.39 is 0 Å². The van der Waals surface area contributed by atoms with Gasteiger partial charge < -0.3 is 16.4 Å². The summed E-state index contributed by atoms with van der Waals surface area (Å²) in [7, 11) is 0. The number of hydrogen-bond acceptors (Lipinski definition) is 3. The minimum absolute atomic E-state index is 0.00557. The number of carbonyl (C=O) groups is 3. The number of amides is 3. The number of primary amides is 1. The first-order valence-electron chi connectivity index (χ1n) is 12.3. The van der Waals surface area contributed by atoms with Crippen molar-refractivity contribution in [3.05, 3.63) is 0 Å². The van der Waals surface area contributed by atoms with Gasteiger partial charge >= 0.3 is 0 Å². The molecule has 4 aliphatic carbocycles. The molecule has 0 unspecified atom stereocenters. The van der Waals surface area contributed by atoms with Gasteiger partial charge in [0, 0.05) is 31.3 Å². The average Bonchev–Trinajstić information content (AvgIpc) is 2.68. The smallest absolute Gasteiger partial charge is 0.226 e. The molecule has 3 amide bonds. The third-order valence-electron chi connectivity index (χ3n) is 7.56. The summed E-state index contributed by atoms with van der Waals surface area (Å²) in [5.41, 5.74) is 5.05. The lowest BCUT2D eigenvalue weighted by atomic mass is 9.49. The Morgan fingerprint density at radius 3 is 1.73 bits per heavy atom. The van der Waals surface area contributed by atoms with E-state index in [0.29, 0.717) is 25.3 Å². The van der Waals surface area contributed by atoms with E-state index in [1.807, 2.05) is 0 Å². The predicted molar refractivity (Wildman–Crippen MR) is 117 cm³/mol. The Kier molecular flexibility index (Phi) is 8.58. The lowest BCUT2D eigenvalue weighted by molar-refractivity contribution is -0.146. The van der Waals surface area contributed by atoms with Crippen LogP contribution in [0.5, 0.6) is 0 Å². The van der Waals surface area contributed by atoms with Crippen LogP contribution in [-0.2, 0) is 14.4 Å².